The summed E-state index contributed by atoms with van der Waals surface area (Å²) in [7, 11) is 0. The maximum Gasteiger partial charge on any atom is 0.352 e. The summed E-state index contributed by atoms with van der Waals surface area (Å²) in [6, 6.07) is 22.2. The second-order valence-electron chi connectivity index (χ2n) is 6.02. The van der Waals surface area contributed by atoms with Gasteiger partial charge in [0.15, 0.2) is 0 Å². The summed E-state index contributed by atoms with van der Waals surface area (Å²) < 4.78 is 1.91. The van der Waals surface area contributed by atoms with Crippen LogP contribution < -0.4 is 0 Å². The Labute approximate surface area is 139 Å². The molecule has 0 unspecified atom stereocenters. The van der Waals surface area contributed by atoms with Gasteiger partial charge in [0.1, 0.15) is 5.69 Å². The minimum atomic E-state index is -0.885. The number of benzene rings is 3. The van der Waals surface area contributed by atoms with Crippen LogP contribution in [-0.2, 0) is 6.54 Å². The van der Waals surface area contributed by atoms with E-state index in [4.69, 9.17) is 0 Å². The zero-order valence-electron chi connectivity index (χ0n) is 13.4. The molecule has 0 atom stereocenters. The van der Waals surface area contributed by atoms with E-state index in [0.29, 0.717) is 12.2 Å². The van der Waals surface area contributed by atoms with Crippen LogP contribution >= 0.6 is 0 Å². The third kappa shape index (κ3) is 2.17. The van der Waals surface area contributed by atoms with Crippen LogP contribution in [-0.4, -0.2) is 15.6 Å². The van der Waals surface area contributed by atoms with Gasteiger partial charge < -0.3 is 9.67 Å². The van der Waals surface area contributed by atoms with E-state index in [2.05, 4.69) is 24.3 Å². The van der Waals surface area contributed by atoms with Gasteiger partial charge in [0.2, 0.25) is 0 Å². The fourth-order valence-corrected chi connectivity index (χ4v) is 3.52. The van der Waals surface area contributed by atoms with Gasteiger partial charge in [-0.3, -0.25) is 0 Å². The Hall–Kier alpha value is -3.07. The van der Waals surface area contributed by atoms with Crippen LogP contribution in [0.1, 0.15) is 21.6 Å². The molecule has 4 aromatic rings. The number of nitrogens with zero attached hydrogens (tertiary/aromatic N) is 1. The number of aromatic nitrogens is 1. The topological polar surface area (TPSA) is 42.2 Å². The van der Waals surface area contributed by atoms with Crippen molar-refractivity contribution in [3.05, 3.63) is 83.6 Å². The van der Waals surface area contributed by atoms with Crippen LogP contribution in [0.3, 0.4) is 0 Å². The van der Waals surface area contributed by atoms with E-state index in [0.717, 1.165) is 27.4 Å². The molecule has 118 valence electrons. The van der Waals surface area contributed by atoms with Gasteiger partial charge in [-0.15, -0.1) is 0 Å². The second kappa shape index (κ2) is 5.53. The number of rotatable bonds is 3. The number of fused-ring (bicyclic) bond motifs is 2. The summed E-state index contributed by atoms with van der Waals surface area (Å²) >= 11 is 0. The van der Waals surface area contributed by atoms with Crippen molar-refractivity contribution in [3.8, 4) is 0 Å². The number of hydrogen-bond acceptors (Lipinski definition) is 1. The lowest BCUT2D eigenvalue weighted by Gasteiger charge is -2.11. The van der Waals surface area contributed by atoms with Gasteiger partial charge in [-0.25, -0.2) is 4.79 Å². The highest BCUT2D eigenvalue weighted by Gasteiger charge is 2.19. The standard InChI is InChI=1S/C21H17NO2/c1-14-17-10-4-5-12-19(17)22(20(14)21(23)24)13-16-9-6-8-15-7-2-3-11-18(15)16/h2-12H,13H2,1H3,(H,23,24). The van der Waals surface area contributed by atoms with E-state index < -0.39 is 5.97 Å². The summed E-state index contributed by atoms with van der Waals surface area (Å²) in [6.45, 7) is 2.42. The SMILES string of the molecule is Cc1c(C(=O)O)n(Cc2cccc3ccccc23)c2ccccc12. The van der Waals surface area contributed by atoms with Gasteiger partial charge in [0.25, 0.3) is 0 Å². The first-order chi connectivity index (χ1) is 11.7. The highest BCUT2D eigenvalue weighted by molar-refractivity contribution is 5.98. The normalized spacial score (nSPS) is 11.2. The first kappa shape index (κ1) is 14.5. The van der Waals surface area contributed by atoms with Gasteiger partial charge >= 0.3 is 5.97 Å². The Morgan fingerprint density at radius 1 is 0.917 bits per heavy atom. The van der Waals surface area contributed by atoms with E-state index in [1.165, 1.54) is 5.39 Å². The third-order valence-electron chi connectivity index (χ3n) is 4.63. The summed E-state index contributed by atoms with van der Waals surface area (Å²) in [5.74, 6) is -0.885. The van der Waals surface area contributed by atoms with Crippen molar-refractivity contribution in [3.63, 3.8) is 0 Å². The van der Waals surface area contributed by atoms with E-state index in [-0.39, 0.29) is 0 Å². The van der Waals surface area contributed by atoms with Gasteiger partial charge in [0.05, 0.1) is 0 Å². The molecule has 0 aliphatic carbocycles. The Bertz CT molecular complexity index is 1070. The number of aryl methyl sites for hydroxylation is 1. The van der Waals surface area contributed by atoms with Crippen molar-refractivity contribution < 1.29 is 9.90 Å². The Balaban J connectivity index is 1.97. The van der Waals surface area contributed by atoms with Crippen LogP contribution in [0, 0.1) is 6.92 Å². The van der Waals surface area contributed by atoms with E-state index >= 15 is 0 Å². The molecule has 4 rings (SSSR count). The number of carboxylic acids is 1. The lowest BCUT2D eigenvalue weighted by Crippen LogP contribution is -2.10. The zero-order valence-corrected chi connectivity index (χ0v) is 13.4. The average molecular weight is 315 g/mol. The first-order valence-corrected chi connectivity index (χ1v) is 7.94. The molecule has 0 aliphatic heterocycles. The fourth-order valence-electron chi connectivity index (χ4n) is 3.52. The van der Waals surface area contributed by atoms with Crippen molar-refractivity contribution in [2.75, 3.05) is 0 Å². The average Bonchev–Trinajstić information content (AvgIpc) is 2.88. The number of carboxylic acid groups (broad SMARTS) is 1. The van der Waals surface area contributed by atoms with Gasteiger partial charge in [-0.05, 0) is 34.9 Å². The molecule has 0 bridgehead atoms. The molecule has 0 amide bonds. The van der Waals surface area contributed by atoms with Crippen LogP contribution in [0.2, 0.25) is 0 Å². The maximum absolute atomic E-state index is 11.8. The van der Waals surface area contributed by atoms with Crippen molar-refractivity contribution in [2.24, 2.45) is 0 Å². The van der Waals surface area contributed by atoms with Crippen molar-refractivity contribution in [1.29, 1.82) is 0 Å². The minimum absolute atomic E-state index is 0.365. The monoisotopic (exact) mass is 315 g/mol. The molecule has 3 heteroatoms. The fraction of sp³-hybridized carbons (Fsp3) is 0.0952. The second-order valence-corrected chi connectivity index (χ2v) is 6.02. The summed E-state index contributed by atoms with van der Waals surface area (Å²) in [5, 5.41) is 13.0. The molecule has 0 aliphatic rings. The summed E-state index contributed by atoms with van der Waals surface area (Å²) in [4.78, 5) is 11.8. The van der Waals surface area contributed by atoms with E-state index in [9.17, 15) is 9.90 Å². The molecular formula is C21H17NO2. The zero-order chi connectivity index (χ0) is 16.7. The number of hydrogen-bond donors (Lipinski definition) is 1. The molecule has 0 fully saturated rings. The Kier molecular flexibility index (Phi) is 3.35. The largest absolute Gasteiger partial charge is 0.477 e. The molecule has 0 spiro atoms. The third-order valence-corrected chi connectivity index (χ3v) is 4.63. The van der Waals surface area contributed by atoms with Crippen molar-refractivity contribution >= 4 is 27.6 Å². The highest BCUT2D eigenvalue weighted by Crippen LogP contribution is 2.28. The first-order valence-electron chi connectivity index (χ1n) is 7.94. The molecule has 3 aromatic carbocycles. The summed E-state index contributed by atoms with van der Waals surface area (Å²) in [6.07, 6.45) is 0. The molecule has 1 heterocycles. The number of para-hydroxylation sites is 1. The maximum atomic E-state index is 11.8. The van der Waals surface area contributed by atoms with Crippen LogP contribution in [0.4, 0.5) is 0 Å². The van der Waals surface area contributed by atoms with E-state index in [1.54, 1.807) is 0 Å². The smallest absolute Gasteiger partial charge is 0.352 e. The van der Waals surface area contributed by atoms with Crippen molar-refractivity contribution in [1.82, 2.24) is 4.57 Å². The van der Waals surface area contributed by atoms with Crippen LogP contribution in [0.25, 0.3) is 21.7 Å². The van der Waals surface area contributed by atoms with Crippen molar-refractivity contribution in [2.45, 2.75) is 13.5 Å². The van der Waals surface area contributed by atoms with Crippen LogP contribution in [0.15, 0.2) is 66.7 Å². The van der Waals surface area contributed by atoms with Gasteiger partial charge in [-0.2, -0.15) is 0 Å². The highest BCUT2D eigenvalue weighted by atomic mass is 16.4. The molecule has 24 heavy (non-hydrogen) atoms. The lowest BCUT2D eigenvalue weighted by atomic mass is 10.0. The molecule has 0 saturated carbocycles. The summed E-state index contributed by atoms with van der Waals surface area (Å²) in [5.41, 5.74) is 3.26. The molecule has 1 aromatic heterocycles. The molecule has 3 nitrogen and oxygen atoms in total. The Morgan fingerprint density at radius 2 is 1.58 bits per heavy atom. The van der Waals surface area contributed by atoms with Gasteiger partial charge in [0, 0.05) is 17.4 Å². The lowest BCUT2D eigenvalue weighted by molar-refractivity contribution is 0.0685. The van der Waals surface area contributed by atoms with E-state index in [1.807, 2.05) is 54.0 Å². The Morgan fingerprint density at radius 3 is 2.38 bits per heavy atom. The predicted molar refractivity (Wildman–Crippen MR) is 96.7 cm³/mol. The quantitative estimate of drug-likeness (QED) is 0.587. The molecule has 0 saturated heterocycles. The minimum Gasteiger partial charge on any atom is -0.477 e. The number of aromatic carboxylic acids is 1. The molecule has 0 radical (unpaired) electrons. The molecule has 1 N–H and O–H groups in total. The molecular weight excluding hydrogens is 298 g/mol. The number of carbonyl (C=O) groups is 1. The van der Waals surface area contributed by atoms with Gasteiger partial charge in [-0.1, -0.05) is 60.7 Å². The van der Waals surface area contributed by atoms with Crippen LogP contribution in [0.5, 0.6) is 0 Å². The predicted octanol–water partition coefficient (Wildman–Crippen LogP) is 4.85.